The van der Waals surface area contributed by atoms with Gasteiger partial charge in [0.15, 0.2) is 0 Å². The number of alkyl halides is 1. The van der Waals surface area contributed by atoms with E-state index in [4.69, 9.17) is 4.74 Å². The quantitative estimate of drug-likeness (QED) is 0.156. The summed E-state index contributed by atoms with van der Waals surface area (Å²) in [6.07, 6.45) is 0.955. The van der Waals surface area contributed by atoms with Crippen LogP contribution in [-0.2, 0) is 14.9 Å². The van der Waals surface area contributed by atoms with Crippen LogP contribution in [0, 0.1) is 0 Å². The molecule has 0 aliphatic carbocycles. The van der Waals surface area contributed by atoms with Gasteiger partial charge in [-0.1, -0.05) is 28.7 Å². The van der Waals surface area contributed by atoms with E-state index in [0.717, 1.165) is 16.6 Å². The maximum Gasteiger partial charge on any atom is 1.00 e. The first-order chi connectivity index (χ1) is 7.93. The molecular formula is C10H10INaO5S. The largest absolute Gasteiger partial charge is 1.00 e. The molecule has 0 aromatic heterocycles. The molecule has 0 aliphatic heterocycles. The van der Waals surface area contributed by atoms with Crippen molar-refractivity contribution < 1.29 is 52.1 Å². The maximum atomic E-state index is 11.3. The van der Waals surface area contributed by atoms with Gasteiger partial charge >= 0.3 is 35.5 Å². The Morgan fingerprint density at radius 3 is 2.61 bits per heavy atom. The first-order valence-electron chi connectivity index (χ1n) is 4.76. The van der Waals surface area contributed by atoms with E-state index >= 15 is 0 Å². The van der Waals surface area contributed by atoms with Crippen LogP contribution < -0.4 is 34.3 Å². The molecule has 0 unspecified atom stereocenters. The number of hydrogen-bond acceptors (Lipinski definition) is 5. The summed E-state index contributed by atoms with van der Waals surface area (Å²) >= 11 is 2.14. The van der Waals surface area contributed by atoms with Gasteiger partial charge in [0.25, 0.3) is 0 Å². The molecule has 0 aliphatic rings. The molecule has 1 aromatic carbocycles. The molecule has 0 heterocycles. The molecule has 94 valence electrons. The van der Waals surface area contributed by atoms with Crippen molar-refractivity contribution in [3.05, 3.63) is 24.3 Å². The number of hydrogen-bond donors (Lipinski definition) is 0. The Bertz CT molecular complexity index is 503. The standard InChI is InChI=1S/C10H11IO5S.Na/c11-6-2-5-10(12)16-8-3-1-4-9(7-8)17(13,14)15;/h1,3-4,7H,2,5-6H2,(H,13,14,15);/q;+1/p-1. The molecule has 0 radical (unpaired) electrons. The number of rotatable bonds is 5. The Labute approximate surface area is 141 Å². The number of carbonyl (C=O) groups is 1. The zero-order chi connectivity index (χ0) is 12.9. The smallest absolute Gasteiger partial charge is 0.744 e. The second-order valence-electron chi connectivity index (χ2n) is 3.20. The minimum absolute atomic E-state index is 0. The third kappa shape index (κ3) is 6.48. The van der Waals surface area contributed by atoms with E-state index in [1.165, 1.54) is 12.1 Å². The zero-order valence-electron chi connectivity index (χ0n) is 9.76. The van der Waals surface area contributed by atoms with Crippen LogP contribution in [0.2, 0.25) is 0 Å². The monoisotopic (exact) mass is 392 g/mol. The van der Waals surface area contributed by atoms with Crippen molar-refractivity contribution in [2.45, 2.75) is 17.7 Å². The van der Waals surface area contributed by atoms with Gasteiger partial charge in [-0.3, -0.25) is 4.79 Å². The summed E-state index contributed by atoms with van der Waals surface area (Å²) in [5.41, 5.74) is 0. The fourth-order valence-corrected chi connectivity index (χ4v) is 1.97. The second kappa shape index (κ2) is 8.49. The van der Waals surface area contributed by atoms with Gasteiger partial charge in [0.05, 0.1) is 4.90 Å². The van der Waals surface area contributed by atoms with Crippen molar-refractivity contribution in [2.24, 2.45) is 0 Å². The Hall–Kier alpha value is 0.330. The van der Waals surface area contributed by atoms with Crippen molar-refractivity contribution in [3.63, 3.8) is 0 Å². The summed E-state index contributed by atoms with van der Waals surface area (Å²) < 4.78 is 38.0. The average molecular weight is 392 g/mol. The van der Waals surface area contributed by atoms with Crippen molar-refractivity contribution in [2.75, 3.05) is 4.43 Å². The van der Waals surface area contributed by atoms with Gasteiger partial charge in [-0.15, -0.1) is 0 Å². The van der Waals surface area contributed by atoms with E-state index in [-0.39, 0.29) is 41.7 Å². The average Bonchev–Trinajstić information content (AvgIpc) is 2.25. The van der Waals surface area contributed by atoms with Crippen LogP contribution >= 0.6 is 22.6 Å². The minimum Gasteiger partial charge on any atom is -0.744 e. The molecule has 0 bridgehead atoms. The molecule has 8 heteroatoms. The van der Waals surface area contributed by atoms with Crippen LogP contribution in [0.4, 0.5) is 0 Å². The first kappa shape index (κ1) is 18.3. The van der Waals surface area contributed by atoms with Gasteiger partial charge in [0, 0.05) is 10.8 Å². The number of halogens is 1. The molecular weight excluding hydrogens is 382 g/mol. The van der Waals surface area contributed by atoms with Crippen molar-refractivity contribution in [3.8, 4) is 5.75 Å². The van der Waals surface area contributed by atoms with Crippen LogP contribution in [0.5, 0.6) is 5.75 Å². The maximum absolute atomic E-state index is 11.3. The molecule has 0 amide bonds. The van der Waals surface area contributed by atoms with E-state index in [1.807, 2.05) is 0 Å². The minimum atomic E-state index is -4.52. The predicted molar refractivity (Wildman–Crippen MR) is 68.2 cm³/mol. The van der Waals surface area contributed by atoms with Gasteiger partial charge in [-0.25, -0.2) is 8.42 Å². The fourth-order valence-electron chi connectivity index (χ4n) is 1.09. The summed E-state index contributed by atoms with van der Waals surface area (Å²) in [6.45, 7) is 0. The van der Waals surface area contributed by atoms with Crippen LogP contribution in [-0.4, -0.2) is 23.4 Å². The van der Waals surface area contributed by atoms with Crippen molar-refractivity contribution >= 4 is 38.7 Å². The van der Waals surface area contributed by atoms with Crippen LogP contribution in [0.25, 0.3) is 0 Å². The van der Waals surface area contributed by atoms with E-state index in [1.54, 1.807) is 0 Å². The molecule has 0 atom stereocenters. The van der Waals surface area contributed by atoms with Crippen molar-refractivity contribution in [1.29, 1.82) is 0 Å². The zero-order valence-corrected chi connectivity index (χ0v) is 14.7. The molecule has 1 rings (SSSR count). The van der Waals surface area contributed by atoms with E-state index < -0.39 is 21.0 Å². The van der Waals surface area contributed by atoms with E-state index in [2.05, 4.69) is 22.6 Å². The van der Waals surface area contributed by atoms with Gasteiger partial charge in [-0.05, 0) is 24.6 Å². The Kier molecular flexibility index (Phi) is 8.65. The molecule has 0 saturated heterocycles. The normalized spacial score (nSPS) is 10.6. The van der Waals surface area contributed by atoms with Crippen LogP contribution in [0.1, 0.15) is 12.8 Å². The SMILES string of the molecule is O=C(CCCI)Oc1cccc(S(=O)(=O)[O-])c1.[Na+]. The van der Waals surface area contributed by atoms with Crippen LogP contribution in [0.15, 0.2) is 29.2 Å². The van der Waals surface area contributed by atoms with E-state index in [9.17, 15) is 17.8 Å². The number of benzene rings is 1. The molecule has 0 N–H and O–H groups in total. The predicted octanol–water partition coefficient (Wildman–Crippen LogP) is -1.28. The Morgan fingerprint density at radius 1 is 1.39 bits per heavy atom. The summed E-state index contributed by atoms with van der Waals surface area (Å²) in [4.78, 5) is 10.9. The summed E-state index contributed by atoms with van der Waals surface area (Å²) in [5, 5.41) is 0. The molecule has 18 heavy (non-hydrogen) atoms. The van der Waals surface area contributed by atoms with Crippen molar-refractivity contribution in [1.82, 2.24) is 0 Å². The van der Waals surface area contributed by atoms with Crippen LogP contribution in [0.3, 0.4) is 0 Å². The number of carbonyl (C=O) groups excluding carboxylic acids is 1. The Morgan fingerprint density at radius 2 is 2.06 bits per heavy atom. The third-order valence-electron chi connectivity index (χ3n) is 1.84. The number of ether oxygens (including phenoxy) is 1. The third-order valence-corrected chi connectivity index (χ3v) is 3.43. The summed E-state index contributed by atoms with van der Waals surface area (Å²) in [6, 6.07) is 4.98. The van der Waals surface area contributed by atoms with Gasteiger partial charge in [0.1, 0.15) is 15.9 Å². The fraction of sp³-hybridized carbons (Fsp3) is 0.300. The molecule has 0 spiro atoms. The number of esters is 1. The van der Waals surface area contributed by atoms with Gasteiger partial charge < -0.3 is 9.29 Å². The molecule has 0 saturated carbocycles. The molecule has 0 fully saturated rings. The Balaban J connectivity index is 0.00000289. The van der Waals surface area contributed by atoms with Gasteiger partial charge in [0.2, 0.25) is 0 Å². The molecule has 1 aromatic rings. The second-order valence-corrected chi connectivity index (χ2v) is 5.65. The first-order valence-corrected chi connectivity index (χ1v) is 7.69. The molecule has 5 nitrogen and oxygen atoms in total. The van der Waals surface area contributed by atoms with Gasteiger partial charge in [-0.2, -0.15) is 0 Å². The van der Waals surface area contributed by atoms with E-state index in [0.29, 0.717) is 6.42 Å². The summed E-state index contributed by atoms with van der Waals surface area (Å²) in [7, 11) is -4.52. The topological polar surface area (TPSA) is 83.5 Å². The summed E-state index contributed by atoms with van der Waals surface area (Å²) in [5.74, 6) is -0.373.